The molecule has 0 spiro atoms. The number of carboxylic acid groups (broad SMARTS) is 1. The Labute approximate surface area is 106 Å². The molecule has 18 heavy (non-hydrogen) atoms. The molecule has 5 heteroatoms. The minimum atomic E-state index is -1.09. The quantitative estimate of drug-likeness (QED) is 0.728. The van der Waals surface area contributed by atoms with Crippen LogP contribution in [0.3, 0.4) is 0 Å². The van der Waals surface area contributed by atoms with E-state index in [4.69, 9.17) is 10.8 Å². The Balaban J connectivity index is 2.77. The first-order valence-electron chi connectivity index (χ1n) is 5.65. The lowest BCUT2D eigenvalue weighted by Crippen LogP contribution is -2.41. The second-order valence-electron chi connectivity index (χ2n) is 4.91. The number of rotatable bonds is 5. The van der Waals surface area contributed by atoms with Crippen molar-refractivity contribution >= 4 is 11.9 Å². The third-order valence-corrected chi connectivity index (χ3v) is 2.30. The van der Waals surface area contributed by atoms with E-state index in [0.717, 1.165) is 0 Å². The smallest absolute Gasteiger partial charge is 0.330 e. The lowest BCUT2D eigenvalue weighted by atomic mass is 10.0. The Bertz CT molecular complexity index is 424. The molecule has 0 aliphatic rings. The minimum absolute atomic E-state index is 0.0730. The number of carbonyl (C=O) groups is 2. The van der Waals surface area contributed by atoms with Crippen molar-refractivity contribution in [2.24, 2.45) is 5.73 Å². The zero-order valence-electron chi connectivity index (χ0n) is 10.5. The van der Waals surface area contributed by atoms with Gasteiger partial charge in [-0.1, -0.05) is 30.3 Å². The summed E-state index contributed by atoms with van der Waals surface area (Å²) in [5.74, 6) is -1.47. The van der Waals surface area contributed by atoms with E-state index >= 15 is 0 Å². The average Bonchev–Trinajstić information content (AvgIpc) is 2.24. The number of carboxylic acids is 1. The molecule has 5 nitrogen and oxygen atoms in total. The van der Waals surface area contributed by atoms with Crippen molar-refractivity contribution < 1.29 is 14.7 Å². The van der Waals surface area contributed by atoms with E-state index in [1.54, 1.807) is 44.2 Å². The molecule has 0 aliphatic carbocycles. The van der Waals surface area contributed by atoms with E-state index in [0.29, 0.717) is 5.56 Å². The standard InChI is InChI=1S/C13H18N2O3/c1-13(2,14)8-10(16)15-11(12(17)18)9-6-4-3-5-7-9/h3-7,11H,8,14H2,1-2H3,(H,15,16)(H,17,18)/t11-/m1/s1. The van der Waals surface area contributed by atoms with E-state index < -0.39 is 17.6 Å². The number of benzene rings is 1. The van der Waals surface area contributed by atoms with Crippen LogP contribution in [0.4, 0.5) is 0 Å². The van der Waals surface area contributed by atoms with Gasteiger partial charge < -0.3 is 16.2 Å². The Morgan fingerprint density at radius 1 is 1.33 bits per heavy atom. The Morgan fingerprint density at radius 2 is 1.89 bits per heavy atom. The van der Waals surface area contributed by atoms with E-state index in [-0.39, 0.29) is 12.3 Å². The number of hydrogen-bond acceptors (Lipinski definition) is 3. The van der Waals surface area contributed by atoms with E-state index in [9.17, 15) is 9.59 Å². The van der Waals surface area contributed by atoms with Crippen LogP contribution in [-0.4, -0.2) is 22.5 Å². The molecule has 98 valence electrons. The van der Waals surface area contributed by atoms with Gasteiger partial charge in [-0.05, 0) is 19.4 Å². The van der Waals surface area contributed by atoms with Crippen LogP contribution < -0.4 is 11.1 Å². The molecule has 1 aromatic rings. The van der Waals surface area contributed by atoms with E-state index in [1.807, 2.05) is 0 Å². The average molecular weight is 250 g/mol. The lowest BCUT2D eigenvalue weighted by Gasteiger charge is -2.20. The van der Waals surface area contributed by atoms with Gasteiger partial charge in [0.2, 0.25) is 5.91 Å². The fraction of sp³-hybridized carbons (Fsp3) is 0.385. The van der Waals surface area contributed by atoms with Crippen molar-refractivity contribution in [3.63, 3.8) is 0 Å². The van der Waals surface area contributed by atoms with Crippen LogP contribution >= 0.6 is 0 Å². The van der Waals surface area contributed by atoms with Gasteiger partial charge in [0.25, 0.3) is 0 Å². The molecule has 0 aliphatic heterocycles. The van der Waals surface area contributed by atoms with Crippen LogP contribution in [0.25, 0.3) is 0 Å². The highest BCUT2D eigenvalue weighted by Crippen LogP contribution is 2.14. The SMILES string of the molecule is CC(C)(N)CC(=O)N[C@@H](C(=O)O)c1ccccc1. The summed E-state index contributed by atoms with van der Waals surface area (Å²) in [5, 5.41) is 11.6. The molecule has 1 amide bonds. The van der Waals surface area contributed by atoms with Crippen molar-refractivity contribution in [3.05, 3.63) is 35.9 Å². The van der Waals surface area contributed by atoms with Gasteiger partial charge in [0, 0.05) is 12.0 Å². The molecular formula is C13H18N2O3. The number of carbonyl (C=O) groups excluding carboxylic acids is 1. The largest absolute Gasteiger partial charge is 0.479 e. The second kappa shape index (κ2) is 5.64. The topological polar surface area (TPSA) is 92.4 Å². The van der Waals surface area contributed by atoms with Crippen molar-refractivity contribution in [2.45, 2.75) is 31.8 Å². The summed E-state index contributed by atoms with van der Waals surface area (Å²) >= 11 is 0. The van der Waals surface area contributed by atoms with E-state index in [2.05, 4.69) is 5.32 Å². The summed E-state index contributed by atoms with van der Waals surface area (Å²) in [6.45, 7) is 3.43. The van der Waals surface area contributed by atoms with Gasteiger partial charge in [-0.2, -0.15) is 0 Å². The summed E-state index contributed by atoms with van der Waals surface area (Å²) < 4.78 is 0. The Hall–Kier alpha value is -1.88. The maximum atomic E-state index is 11.7. The molecular weight excluding hydrogens is 232 g/mol. The van der Waals surface area contributed by atoms with Gasteiger partial charge in [-0.3, -0.25) is 4.79 Å². The molecule has 0 saturated carbocycles. The Kier molecular flexibility index (Phi) is 4.44. The number of nitrogens with one attached hydrogen (secondary N) is 1. The van der Waals surface area contributed by atoms with Crippen LogP contribution in [0.2, 0.25) is 0 Å². The highest BCUT2D eigenvalue weighted by atomic mass is 16.4. The number of aliphatic carboxylic acids is 1. The van der Waals surface area contributed by atoms with Crippen LogP contribution in [0, 0.1) is 0 Å². The monoisotopic (exact) mass is 250 g/mol. The molecule has 1 aromatic carbocycles. The van der Waals surface area contributed by atoms with Gasteiger partial charge in [0.05, 0.1) is 0 Å². The van der Waals surface area contributed by atoms with Crippen LogP contribution in [0.5, 0.6) is 0 Å². The normalized spacial score (nSPS) is 12.8. The first kappa shape index (κ1) is 14.2. The number of hydrogen-bond donors (Lipinski definition) is 3. The molecule has 0 bridgehead atoms. The molecule has 1 rings (SSSR count). The van der Waals surface area contributed by atoms with Crippen molar-refractivity contribution in [2.75, 3.05) is 0 Å². The predicted molar refractivity (Wildman–Crippen MR) is 67.8 cm³/mol. The van der Waals surface area contributed by atoms with Crippen molar-refractivity contribution in [1.29, 1.82) is 0 Å². The molecule has 0 saturated heterocycles. The van der Waals surface area contributed by atoms with Gasteiger partial charge >= 0.3 is 5.97 Å². The summed E-state index contributed by atoms with van der Waals surface area (Å²) in [6.07, 6.45) is 0.0730. The molecule has 0 unspecified atom stereocenters. The predicted octanol–water partition coefficient (Wildman–Crippen LogP) is 1.06. The number of amides is 1. The third-order valence-electron chi connectivity index (χ3n) is 2.30. The van der Waals surface area contributed by atoms with E-state index in [1.165, 1.54) is 0 Å². The van der Waals surface area contributed by atoms with Crippen LogP contribution in [-0.2, 0) is 9.59 Å². The zero-order valence-corrected chi connectivity index (χ0v) is 10.5. The summed E-state index contributed by atoms with van der Waals surface area (Å²) in [6, 6.07) is 7.52. The molecule has 1 atom stereocenters. The summed E-state index contributed by atoms with van der Waals surface area (Å²) in [7, 11) is 0. The molecule has 4 N–H and O–H groups in total. The van der Waals surface area contributed by atoms with Crippen LogP contribution in [0.1, 0.15) is 31.9 Å². The highest BCUT2D eigenvalue weighted by molar-refractivity contribution is 5.85. The molecule has 0 heterocycles. The third kappa shape index (κ3) is 4.55. The summed E-state index contributed by atoms with van der Waals surface area (Å²) in [4.78, 5) is 22.8. The van der Waals surface area contributed by atoms with Gasteiger partial charge in [0.1, 0.15) is 0 Å². The second-order valence-corrected chi connectivity index (χ2v) is 4.91. The molecule has 0 fully saturated rings. The van der Waals surface area contributed by atoms with Gasteiger partial charge in [0.15, 0.2) is 6.04 Å². The minimum Gasteiger partial charge on any atom is -0.479 e. The van der Waals surface area contributed by atoms with Gasteiger partial charge in [-0.25, -0.2) is 4.79 Å². The first-order chi connectivity index (χ1) is 8.29. The summed E-state index contributed by atoms with van der Waals surface area (Å²) in [5.41, 5.74) is 5.59. The van der Waals surface area contributed by atoms with Crippen molar-refractivity contribution in [1.82, 2.24) is 5.32 Å². The molecule has 0 aromatic heterocycles. The maximum absolute atomic E-state index is 11.7. The van der Waals surface area contributed by atoms with Crippen molar-refractivity contribution in [3.8, 4) is 0 Å². The fourth-order valence-corrected chi connectivity index (χ4v) is 1.56. The first-order valence-corrected chi connectivity index (χ1v) is 5.65. The Morgan fingerprint density at radius 3 is 2.33 bits per heavy atom. The lowest BCUT2D eigenvalue weighted by molar-refractivity contribution is -0.142. The molecule has 0 radical (unpaired) electrons. The zero-order chi connectivity index (χ0) is 13.8. The number of nitrogens with two attached hydrogens (primary N) is 1. The van der Waals surface area contributed by atoms with Gasteiger partial charge in [-0.15, -0.1) is 0 Å². The van der Waals surface area contributed by atoms with Crippen LogP contribution in [0.15, 0.2) is 30.3 Å². The maximum Gasteiger partial charge on any atom is 0.330 e. The fourth-order valence-electron chi connectivity index (χ4n) is 1.56. The highest BCUT2D eigenvalue weighted by Gasteiger charge is 2.24.